The van der Waals surface area contributed by atoms with Gasteiger partial charge in [-0.2, -0.15) is 0 Å². The maximum Gasteiger partial charge on any atom is 0.128 e. The minimum Gasteiger partial charge on any atom is -0.356 e. The van der Waals surface area contributed by atoms with Crippen molar-refractivity contribution in [2.24, 2.45) is 11.8 Å². The highest BCUT2D eigenvalue weighted by molar-refractivity contribution is 6.31. The normalized spacial score (nSPS) is 11.7. The zero-order chi connectivity index (χ0) is 16.0. The van der Waals surface area contributed by atoms with E-state index in [1.807, 2.05) is 12.1 Å². The lowest BCUT2D eigenvalue weighted by atomic mass is 10.1. The highest BCUT2D eigenvalue weighted by Crippen LogP contribution is 2.21. The molecule has 0 saturated heterocycles. The lowest BCUT2D eigenvalue weighted by Crippen LogP contribution is -2.32. The van der Waals surface area contributed by atoms with Crippen molar-refractivity contribution in [3.05, 3.63) is 22.8 Å². The number of hydrogen-bond acceptors (Lipinski definition) is 3. The number of pyridine rings is 1. The number of nitrogens with one attached hydrogen (secondary N) is 1. The van der Waals surface area contributed by atoms with Crippen molar-refractivity contribution in [1.82, 2.24) is 10.3 Å². The Kier molecular flexibility index (Phi) is 7.47. The van der Waals surface area contributed by atoms with E-state index in [0.29, 0.717) is 24.4 Å². The molecule has 4 heteroatoms. The first-order chi connectivity index (χ1) is 9.79. The summed E-state index contributed by atoms with van der Waals surface area (Å²) in [7, 11) is 0. The molecule has 1 aromatic rings. The van der Waals surface area contributed by atoms with E-state index < -0.39 is 0 Å². The summed E-state index contributed by atoms with van der Waals surface area (Å²) < 4.78 is 0. The molecular formula is C17H30ClN3. The molecule has 0 aliphatic heterocycles. The van der Waals surface area contributed by atoms with Crippen molar-refractivity contribution >= 4 is 17.4 Å². The van der Waals surface area contributed by atoms with E-state index in [0.717, 1.165) is 29.6 Å². The quantitative estimate of drug-likeness (QED) is 0.773. The molecule has 0 atom stereocenters. The van der Waals surface area contributed by atoms with Crippen molar-refractivity contribution in [3.8, 4) is 0 Å². The van der Waals surface area contributed by atoms with Crippen molar-refractivity contribution < 1.29 is 0 Å². The van der Waals surface area contributed by atoms with Crippen LogP contribution in [0.4, 0.5) is 5.82 Å². The minimum atomic E-state index is 0.425. The Morgan fingerprint density at radius 3 is 2.10 bits per heavy atom. The molecule has 0 fully saturated rings. The van der Waals surface area contributed by atoms with Crippen LogP contribution in [0.5, 0.6) is 0 Å². The molecule has 0 aliphatic rings. The average molecular weight is 312 g/mol. The first-order valence-corrected chi connectivity index (χ1v) is 8.31. The Morgan fingerprint density at radius 1 is 1.05 bits per heavy atom. The van der Waals surface area contributed by atoms with Gasteiger partial charge < -0.3 is 10.2 Å². The summed E-state index contributed by atoms with van der Waals surface area (Å²) in [6, 6.07) is 4.43. The Morgan fingerprint density at radius 2 is 1.62 bits per heavy atom. The standard InChI is InChI=1S/C17H30ClN3/c1-12(2)10-21(11-13(3)4)17-8-7-15(18)16(20-17)9-19-14(5)6/h7-8,12-14,19H,9-11H2,1-6H3. The first-order valence-electron chi connectivity index (χ1n) is 7.93. The van der Waals surface area contributed by atoms with E-state index >= 15 is 0 Å². The molecule has 1 N–H and O–H groups in total. The largest absolute Gasteiger partial charge is 0.356 e. The van der Waals surface area contributed by atoms with E-state index in [9.17, 15) is 0 Å². The van der Waals surface area contributed by atoms with E-state index in [-0.39, 0.29) is 0 Å². The molecular weight excluding hydrogens is 282 g/mol. The number of halogens is 1. The van der Waals surface area contributed by atoms with Crippen LogP contribution in [0.3, 0.4) is 0 Å². The number of hydrogen-bond donors (Lipinski definition) is 1. The van der Waals surface area contributed by atoms with Crippen LogP contribution < -0.4 is 10.2 Å². The monoisotopic (exact) mass is 311 g/mol. The lowest BCUT2D eigenvalue weighted by molar-refractivity contribution is 0.545. The molecule has 0 amide bonds. The van der Waals surface area contributed by atoms with Crippen LogP contribution in [0.2, 0.25) is 5.02 Å². The van der Waals surface area contributed by atoms with Gasteiger partial charge in [0.2, 0.25) is 0 Å². The van der Waals surface area contributed by atoms with Crippen molar-refractivity contribution in [2.45, 2.75) is 54.1 Å². The van der Waals surface area contributed by atoms with Gasteiger partial charge in [-0.3, -0.25) is 0 Å². The topological polar surface area (TPSA) is 28.2 Å². The van der Waals surface area contributed by atoms with Crippen LogP contribution in [0.25, 0.3) is 0 Å². The molecule has 21 heavy (non-hydrogen) atoms. The molecule has 0 aromatic carbocycles. The summed E-state index contributed by atoms with van der Waals surface area (Å²) in [6.07, 6.45) is 0. The number of anilines is 1. The molecule has 0 bridgehead atoms. The predicted molar refractivity (Wildman–Crippen MR) is 93.1 cm³/mol. The predicted octanol–water partition coefficient (Wildman–Crippen LogP) is 4.35. The molecule has 1 rings (SSSR count). The van der Waals surface area contributed by atoms with Crippen LogP contribution in [0.15, 0.2) is 12.1 Å². The van der Waals surface area contributed by atoms with Gasteiger partial charge in [-0.1, -0.05) is 53.1 Å². The number of aromatic nitrogens is 1. The summed E-state index contributed by atoms with van der Waals surface area (Å²) in [6.45, 7) is 16.0. The second-order valence-electron chi connectivity index (χ2n) is 6.83. The number of nitrogens with zero attached hydrogens (tertiary/aromatic N) is 2. The molecule has 0 saturated carbocycles. The summed E-state index contributed by atoms with van der Waals surface area (Å²) in [5, 5.41) is 4.12. The van der Waals surface area contributed by atoms with Gasteiger partial charge in [0.25, 0.3) is 0 Å². The van der Waals surface area contributed by atoms with Gasteiger partial charge in [-0.25, -0.2) is 4.98 Å². The lowest BCUT2D eigenvalue weighted by Gasteiger charge is -2.28. The van der Waals surface area contributed by atoms with Gasteiger partial charge in [0, 0.05) is 25.7 Å². The zero-order valence-corrected chi connectivity index (χ0v) is 15.0. The molecule has 0 spiro atoms. The highest BCUT2D eigenvalue weighted by atomic mass is 35.5. The summed E-state index contributed by atoms with van der Waals surface area (Å²) in [5.74, 6) is 2.25. The smallest absolute Gasteiger partial charge is 0.128 e. The molecule has 0 aliphatic carbocycles. The fourth-order valence-electron chi connectivity index (χ4n) is 2.22. The Labute approximate surface area is 135 Å². The first kappa shape index (κ1) is 18.2. The summed E-state index contributed by atoms with van der Waals surface area (Å²) >= 11 is 6.27. The van der Waals surface area contributed by atoms with E-state index in [4.69, 9.17) is 16.6 Å². The van der Waals surface area contributed by atoms with Crippen LogP contribution in [0.1, 0.15) is 47.2 Å². The van der Waals surface area contributed by atoms with Crippen LogP contribution in [0, 0.1) is 11.8 Å². The van der Waals surface area contributed by atoms with E-state index in [1.165, 1.54) is 0 Å². The Balaban J connectivity index is 2.94. The summed E-state index contributed by atoms with van der Waals surface area (Å²) in [5.41, 5.74) is 0.931. The van der Waals surface area contributed by atoms with Crippen molar-refractivity contribution in [3.63, 3.8) is 0 Å². The van der Waals surface area contributed by atoms with Gasteiger partial charge in [-0.05, 0) is 24.0 Å². The Bertz CT molecular complexity index is 420. The van der Waals surface area contributed by atoms with Crippen molar-refractivity contribution in [1.29, 1.82) is 0 Å². The third-order valence-corrected chi connectivity index (χ3v) is 3.42. The average Bonchev–Trinajstić information content (AvgIpc) is 2.35. The van der Waals surface area contributed by atoms with Crippen molar-refractivity contribution in [2.75, 3.05) is 18.0 Å². The number of rotatable bonds is 8. The van der Waals surface area contributed by atoms with E-state index in [2.05, 4.69) is 51.8 Å². The third-order valence-electron chi connectivity index (χ3n) is 3.08. The van der Waals surface area contributed by atoms with Gasteiger partial charge in [-0.15, -0.1) is 0 Å². The van der Waals surface area contributed by atoms with E-state index in [1.54, 1.807) is 0 Å². The molecule has 0 unspecified atom stereocenters. The van der Waals surface area contributed by atoms with Crippen LogP contribution >= 0.6 is 11.6 Å². The van der Waals surface area contributed by atoms with Crippen LogP contribution in [-0.2, 0) is 6.54 Å². The fourth-order valence-corrected chi connectivity index (χ4v) is 2.39. The second kappa shape index (κ2) is 8.60. The van der Waals surface area contributed by atoms with Gasteiger partial charge in [0.05, 0.1) is 10.7 Å². The van der Waals surface area contributed by atoms with Gasteiger partial charge in [0.1, 0.15) is 5.82 Å². The Hall–Kier alpha value is -0.800. The minimum absolute atomic E-state index is 0.425. The maximum absolute atomic E-state index is 6.27. The maximum atomic E-state index is 6.27. The zero-order valence-electron chi connectivity index (χ0n) is 14.3. The molecule has 120 valence electrons. The van der Waals surface area contributed by atoms with Crippen LogP contribution in [-0.4, -0.2) is 24.1 Å². The van der Waals surface area contributed by atoms with Gasteiger partial charge >= 0.3 is 0 Å². The molecule has 1 aromatic heterocycles. The summed E-state index contributed by atoms with van der Waals surface area (Å²) in [4.78, 5) is 7.15. The second-order valence-corrected chi connectivity index (χ2v) is 7.23. The fraction of sp³-hybridized carbons (Fsp3) is 0.706. The SMILES string of the molecule is CC(C)CN(CC(C)C)c1ccc(Cl)c(CNC(C)C)n1. The van der Waals surface area contributed by atoms with Gasteiger partial charge in [0.15, 0.2) is 0 Å². The highest BCUT2D eigenvalue weighted by Gasteiger charge is 2.14. The molecule has 1 heterocycles. The third kappa shape index (κ3) is 6.66. The molecule has 0 radical (unpaired) electrons. The molecule has 3 nitrogen and oxygen atoms in total.